The molecule has 0 aliphatic heterocycles. The van der Waals surface area contributed by atoms with Crippen LogP contribution in [0.1, 0.15) is 64.8 Å². The minimum atomic E-state index is 0.317. The molecular formula is C15H26N4. The minimum Gasteiger partial charge on any atom is -0.350 e. The van der Waals surface area contributed by atoms with Crippen LogP contribution in [-0.4, -0.2) is 21.2 Å². The fourth-order valence-corrected chi connectivity index (χ4v) is 2.92. The van der Waals surface area contributed by atoms with Crippen LogP contribution in [0.3, 0.4) is 0 Å². The maximum absolute atomic E-state index is 4.64. The van der Waals surface area contributed by atoms with Gasteiger partial charge in [-0.1, -0.05) is 40.5 Å². The SMILES string of the molecule is CCc1nnc(NC2CCCCC2(C)C)nc1CC. The summed E-state index contributed by atoms with van der Waals surface area (Å²) in [7, 11) is 0. The van der Waals surface area contributed by atoms with Gasteiger partial charge in [0.1, 0.15) is 0 Å². The predicted octanol–water partition coefficient (Wildman–Crippen LogP) is 3.38. The highest BCUT2D eigenvalue weighted by Crippen LogP contribution is 2.36. The van der Waals surface area contributed by atoms with Crippen molar-refractivity contribution in [3.05, 3.63) is 11.4 Å². The molecule has 1 fully saturated rings. The fourth-order valence-electron chi connectivity index (χ4n) is 2.92. The first-order valence-corrected chi connectivity index (χ1v) is 7.55. The highest BCUT2D eigenvalue weighted by atomic mass is 15.2. The molecule has 1 aliphatic rings. The van der Waals surface area contributed by atoms with Crippen molar-refractivity contribution < 1.29 is 0 Å². The monoisotopic (exact) mass is 262 g/mol. The third-order valence-electron chi connectivity index (χ3n) is 4.32. The molecule has 0 amide bonds. The van der Waals surface area contributed by atoms with E-state index >= 15 is 0 Å². The van der Waals surface area contributed by atoms with E-state index < -0.39 is 0 Å². The van der Waals surface area contributed by atoms with Gasteiger partial charge < -0.3 is 5.32 Å². The molecule has 4 nitrogen and oxygen atoms in total. The second-order valence-electron chi connectivity index (χ2n) is 6.17. The lowest BCUT2D eigenvalue weighted by Gasteiger charge is -2.38. The van der Waals surface area contributed by atoms with Crippen LogP contribution in [0.5, 0.6) is 0 Å². The van der Waals surface area contributed by atoms with E-state index in [0.29, 0.717) is 17.4 Å². The molecule has 1 heterocycles. The number of hydrogen-bond donors (Lipinski definition) is 1. The first kappa shape index (κ1) is 14.2. The smallest absolute Gasteiger partial charge is 0.243 e. The molecular weight excluding hydrogens is 236 g/mol. The molecule has 0 bridgehead atoms. The molecule has 2 rings (SSSR count). The highest BCUT2D eigenvalue weighted by Gasteiger charge is 2.32. The summed E-state index contributed by atoms with van der Waals surface area (Å²) in [5.41, 5.74) is 2.42. The second kappa shape index (κ2) is 5.85. The molecule has 1 aromatic heterocycles. The van der Waals surface area contributed by atoms with Crippen LogP contribution in [0.25, 0.3) is 0 Å². The van der Waals surface area contributed by atoms with Crippen molar-refractivity contribution in [2.75, 3.05) is 5.32 Å². The lowest BCUT2D eigenvalue weighted by molar-refractivity contribution is 0.216. The molecule has 1 unspecified atom stereocenters. The zero-order valence-electron chi connectivity index (χ0n) is 12.7. The van der Waals surface area contributed by atoms with E-state index in [1.54, 1.807) is 0 Å². The molecule has 1 atom stereocenters. The fraction of sp³-hybridized carbons (Fsp3) is 0.800. The number of rotatable bonds is 4. The van der Waals surface area contributed by atoms with Gasteiger partial charge in [-0.3, -0.25) is 0 Å². The number of nitrogens with one attached hydrogen (secondary N) is 1. The number of aryl methyl sites for hydroxylation is 2. The summed E-state index contributed by atoms with van der Waals surface area (Å²) >= 11 is 0. The van der Waals surface area contributed by atoms with E-state index in [1.165, 1.54) is 25.7 Å². The lowest BCUT2D eigenvalue weighted by atomic mass is 9.73. The van der Waals surface area contributed by atoms with Crippen LogP contribution in [-0.2, 0) is 12.8 Å². The Balaban J connectivity index is 2.14. The van der Waals surface area contributed by atoms with Gasteiger partial charge in [0.15, 0.2) is 0 Å². The lowest BCUT2D eigenvalue weighted by Crippen LogP contribution is -2.39. The highest BCUT2D eigenvalue weighted by molar-refractivity contribution is 5.28. The molecule has 19 heavy (non-hydrogen) atoms. The zero-order chi connectivity index (χ0) is 13.9. The number of hydrogen-bond acceptors (Lipinski definition) is 4. The maximum Gasteiger partial charge on any atom is 0.243 e. The van der Waals surface area contributed by atoms with Gasteiger partial charge in [-0.05, 0) is 31.1 Å². The summed E-state index contributed by atoms with van der Waals surface area (Å²) in [5, 5.41) is 12.1. The van der Waals surface area contributed by atoms with E-state index in [1.807, 2.05) is 0 Å². The minimum absolute atomic E-state index is 0.317. The van der Waals surface area contributed by atoms with E-state index in [9.17, 15) is 0 Å². The van der Waals surface area contributed by atoms with Gasteiger partial charge in [0.05, 0.1) is 11.4 Å². The second-order valence-corrected chi connectivity index (χ2v) is 6.17. The van der Waals surface area contributed by atoms with E-state index in [0.717, 1.165) is 24.2 Å². The van der Waals surface area contributed by atoms with Gasteiger partial charge in [0, 0.05) is 6.04 Å². The molecule has 4 heteroatoms. The maximum atomic E-state index is 4.64. The van der Waals surface area contributed by atoms with E-state index in [-0.39, 0.29) is 0 Å². The Bertz CT molecular complexity index is 428. The van der Waals surface area contributed by atoms with Gasteiger partial charge in [-0.2, -0.15) is 5.10 Å². The quantitative estimate of drug-likeness (QED) is 0.903. The topological polar surface area (TPSA) is 50.7 Å². The first-order valence-electron chi connectivity index (χ1n) is 7.55. The first-order chi connectivity index (χ1) is 9.06. The molecule has 106 valence electrons. The number of aromatic nitrogens is 3. The number of nitrogens with zero attached hydrogens (tertiary/aromatic N) is 3. The third-order valence-corrected chi connectivity index (χ3v) is 4.32. The Morgan fingerprint density at radius 2 is 1.84 bits per heavy atom. The van der Waals surface area contributed by atoms with Crippen LogP contribution in [0, 0.1) is 5.41 Å². The summed E-state index contributed by atoms with van der Waals surface area (Å²) < 4.78 is 0. The van der Waals surface area contributed by atoms with Crippen molar-refractivity contribution in [3.63, 3.8) is 0 Å². The van der Waals surface area contributed by atoms with Crippen molar-refractivity contribution in [3.8, 4) is 0 Å². The van der Waals surface area contributed by atoms with Crippen LogP contribution in [0.15, 0.2) is 0 Å². The van der Waals surface area contributed by atoms with Crippen LogP contribution < -0.4 is 5.32 Å². The van der Waals surface area contributed by atoms with Crippen molar-refractivity contribution in [2.45, 2.75) is 72.3 Å². The summed E-state index contributed by atoms with van der Waals surface area (Å²) in [6.07, 6.45) is 6.92. The van der Waals surface area contributed by atoms with Crippen molar-refractivity contribution >= 4 is 5.95 Å². The van der Waals surface area contributed by atoms with Gasteiger partial charge in [0.2, 0.25) is 5.95 Å². The Labute approximate surface area is 116 Å². The predicted molar refractivity (Wildman–Crippen MR) is 78.2 cm³/mol. The Hall–Kier alpha value is -1.19. The Morgan fingerprint density at radius 3 is 2.47 bits per heavy atom. The van der Waals surface area contributed by atoms with E-state index in [4.69, 9.17) is 0 Å². The molecule has 0 aromatic carbocycles. The molecule has 1 saturated carbocycles. The molecule has 0 saturated heterocycles. The van der Waals surface area contributed by atoms with Crippen molar-refractivity contribution in [1.82, 2.24) is 15.2 Å². The summed E-state index contributed by atoms with van der Waals surface area (Å²) in [4.78, 5) is 4.64. The van der Waals surface area contributed by atoms with Crippen LogP contribution in [0.2, 0.25) is 0 Å². The van der Waals surface area contributed by atoms with Crippen LogP contribution >= 0.6 is 0 Å². The standard InChI is InChI=1S/C15H26N4/c1-5-11-12(6-2)18-19-14(16-11)17-13-9-7-8-10-15(13,3)4/h13H,5-10H2,1-4H3,(H,16,17,19). The van der Waals surface area contributed by atoms with Gasteiger partial charge >= 0.3 is 0 Å². The Morgan fingerprint density at radius 1 is 1.11 bits per heavy atom. The third kappa shape index (κ3) is 3.23. The molecule has 1 aromatic rings. The molecule has 0 spiro atoms. The normalized spacial score (nSPS) is 22.2. The summed E-state index contributed by atoms with van der Waals surface area (Å²) in [5.74, 6) is 0.703. The molecule has 0 radical (unpaired) electrons. The summed E-state index contributed by atoms with van der Waals surface area (Å²) in [6.45, 7) is 8.89. The number of anilines is 1. The molecule has 1 aliphatic carbocycles. The van der Waals surface area contributed by atoms with Crippen LogP contribution in [0.4, 0.5) is 5.95 Å². The van der Waals surface area contributed by atoms with Crippen molar-refractivity contribution in [1.29, 1.82) is 0 Å². The van der Waals surface area contributed by atoms with Crippen molar-refractivity contribution in [2.24, 2.45) is 5.41 Å². The average Bonchev–Trinajstić information content (AvgIpc) is 2.41. The van der Waals surface area contributed by atoms with Gasteiger partial charge in [-0.15, -0.1) is 5.10 Å². The largest absolute Gasteiger partial charge is 0.350 e. The zero-order valence-corrected chi connectivity index (χ0v) is 12.7. The average molecular weight is 262 g/mol. The van der Waals surface area contributed by atoms with Gasteiger partial charge in [0.25, 0.3) is 0 Å². The molecule has 1 N–H and O–H groups in total. The van der Waals surface area contributed by atoms with Gasteiger partial charge in [-0.25, -0.2) is 4.98 Å². The Kier molecular flexibility index (Phi) is 4.38. The summed E-state index contributed by atoms with van der Waals surface area (Å²) in [6, 6.07) is 0.459. The van der Waals surface area contributed by atoms with E-state index in [2.05, 4.69) is 48.2 Å².